The van der Waals surface area contributed by atoms with Crippen LogP contribution in [0, 0.1) is 0 Å². The minimum Gasteiger partial charge on any atom is -0.398 e. The number of aryl methyl sites for hydroxylation is 1. The zero-order valence-electron chi connectivity index (χ0n) is 8.91. The van der Waals surface area contributed by atoms with Gasteiger partial charge in [0.15, 0.2) is 5.78 Å². The Labute approximate surface area is 97.7 Å². The molecule has 3 rings (SSSR count). The highest BCUT2D eigenvalue weighted by Gasteiger charge is 2.29. The van der Waals surface area contributed by atoms with Gasteiger partial charge in [0.1, 0.15) is 0 Å². The Morgan fingerprint density at radius 3 is 2.69 bits per heavy atom. The van der Waals surface area contributed by atoms with Gasteiger partial charge in [-0.2, -0.15) is 11.3 Å². The smallest absolute Gasteiger partial charge is 0.197 e. The highest BCUT2D eigenvalue weighted by Crippen LogP contribution is 2.42. The standard InChI is InChI=1S/C13H11NOS/c1-2-7-3-4-8-9-5-16-6-10(9)13(15)11(8)12(7)14/h3-6H,2,14H2,1H3. The van der Waals surface area contributed by atoms with Crippen molar-refractivity contribution in [1.82, 2.24) is 0 Å². The summed E-state index contributed by atoms with van der Waals surface area (Å²) in [6, 6.07) is 4.04. The Kier molecular flexibility index (Phi) is 1.91. The molecule has 0 atom stereocenters. The average Bonchev–Trinajstić information content (AvgIpc) is 2.84. The lowest BCUT2D eigenvalue weighted by molar-refractivity contribution is 0.104. The summed E-state index contributed by atoms with van der Waals surface area (Å²) in [5.74, 6) is 0.0825. The van der Waals surface area contributed by atoms with Gasteiger partial charge in [0.05, 0.1) is 5.56 Å². The van der Waals surface area contributed by atoms with E-state index < -0.39 is 0 Å². The largest absolute Gasteiger partial charge is 0.398 e. The van der Waals surface area contributed by atoms with E-state index in [1.165, 1.54) is 0 Å². The fourth-order valence-electron chi connectivity index (χ4n) is 2.26. The number of rotatable bonds is 1. The van der Waals surface area contributed by atoms with Crippen molar-refractivity contribution in [3.8, 4) is 11.1 Å². The second kappa shape index (κ2) is 3.19. The number of thiophene rings is 1. The molecule has 1 aliphatic carbocycles. The van der Waals surface area contributed by atoms with E-state index in [1.807, 2.05) is 29.8 Å². The van der Waals surface area contributed by atoms with Gasteiger partial charge >= 0.3 is 0 Å². The average molecular weight is 229 g/mol. The highest BCUT2D eigenvalue weighted by atomic mass is 32.1. The summed E-state index contributed by atoms with van der Waals surface area (Å²) in [6.45, 7) is 2.05. The van der Waals surface area contributed by atoms with E-state index in [2.05, 4.69) is 0 Å². The van der Waals surface area contributed by atoms with Crippen molar-refractivity contribution in [3.63, 3.8) is 0 Å². The predicted molar refractivity (Wildman–Crippen MR) is 67.0 cm³/mol. The number of nitrogen functional groups attached to an aromatic ring is 1. The molecule has 0 unspecified atom stereocenters. The van der Waals surface area contributed by atoms with Crippen LogP contribution in [0.3, 0.4) is 0 Å². The van der Waals surface area contributed by atoms with E-state index in [0.717, 1.165) is 28.7 Å². The van der Waals surface area contributed by atoms with Gasteiger partial charge in [-0.25, -0.2) is 0 Å². The van der Waals surface area contributed by atoms with E-state index in [9.17, 15) is 4.79 Å². The SMILES string of the molecule is CCc1ccc2c(c1N)C(=O)c1cscc1-2. The van der Waals surface area contributed by atoms with Gasteiger partial charge in [-0.15, -0.1) is 0 Å². The third-order valence-corrected chi connectivity index (χ3v) is 3.88. The van der Waals surface area contributed by atoms with Crippen LogP contribution in [-0.4, -0.2) is 5.78 Å². The van der Waals surface area contributed by atoms with Gasteiger partial charge in [-0.05, 0) is 22.9 Å². The number of carbonyl (C=O) groups is 1. The summed E-state index contributed by atoms with van der Waals surface area (Å²) in [4.78, 5) is 12.2. The lowest BCUT2D eigenvalue weighted by Gasteiger charge is -2.07. The number of ketones is 1. The second-order valence-electron chi connectivity index (χ2n) is 3.94. The molecule has 1 heterocycles. The van der Waals surface area contributed by atoms with Crippen LogP contribution in [0.25, 0.3) is 11.1 Å². The van der Waals surface area contributed by atoms with Gasteiger partial charge in [0, 0.05) is 22.2 Å². The van der Waals surface area contributed by atoms with Gasteiger partial charge in [-0.3, -0.25) is 4.79 Å². The molecule has 0 aliphatic heterocycles. The first-order valence-corrected chi connectivity index (χ1v) is 6.21. The quantitative estimate of drug-likeness (QED) is 0.651. The summed E-state index contributed by atoms with van der Waals surface area (Å²) in [5.41, 5.74) is 11.3. The van der Waals surface area contributed by atoms with E-state index in [-0.39, 0.29) is 5.78 Å². The molecule has 0 fully saturated rings. The molecule has 1 aromatic carbocycles. The summed E-state index contributed by atoms with van der Waals surface area (Å²) in [6.07, 6.45) is 0.860. The Bertz CT molecular complexity index is 598. The van der Waals surface area contributed by atoms with Crippen LogP contribution in [0.5, 0.6) is 0 Å². The van der Waals surface area contributed by atoms with Crippen molar-refractivity contribution >= 4 is 22.8 Å². The van der Waals surface area contributed by atoms with Crippen molar-refractivity contribution in [2.24, 2.45) is 0 Å². The second-order valence-corrected chi connectivity index (χ2v) is 4.69. The van der Waals surface area contributed by atoms with Gasteiger partial charge in [0.2, 0.25) is 0 Å². The Morgan fingerprint density at radius 1 is 1.19 bits per heavy atom. The van der Waals surface area contributed by atoms with Crippen LogP contribution in [0.15, 0.2) is 22.9 Å². The van der Waals surface area contributed by atoms with Crippen molar-refractivity contribution < 1.29 is 4.79 Å². The van der Waals surface area contributed by atoms with Crippen LogP contribution >= 0.6 is 11.3 Å². The van der Waals surface area contributed by atoms with E-state index in [1.54, 1.807) is 11.3 Å². The summed E-state index contributed by atoms with van der Waals surface area (Å²) in [7, 11) is 0. The maximum Gasteiger partial charge on any atom is 0.197 e. The lowest BCUT2D eigenvalue weighted by atomic mass is 10.00. The molecule has 2 N–H and O–H groups in total. The van der Waals surface area contributed by atoms with Crippen molar-refractivity contribution in [2.45, 2.75) is 13.3 Å². The molecular formula is C13H11NOS. The number of anilines is 1. The zero-order valence-corrected chi connectivity index (χ0v) is 9.73. The first kappa shape index (κ1) is 9.60. The van der Waals surface area contributed by atoms with Crippen molar-refractivity contribution in [2.75, 3.05) is 5.73 Å². The summed E-state index contributed by atoms with van der Waals surface area (Å²) < 4.78 is 0. The highest BCUT2D eigenvalue weighted by molar-refractivity contribution is 7.08. The molecule has 80 valence electrons. The third-order valence-electron chi connectivity index (χ3n) is 3.14. The fourth-order valence-corrected chi connectivity index (χ4v) is 3.08. The first-order valence-electron chi connectivity index (χ1n) is 5.26. The lowest BCUT2D eigenvalue weighted by Crippen LogP contribution is -2.03. The minimum atomic E-state index is 0.0825. The van der Waals surface area contributed by atoms with E-state index in [0.29, 0.717) is 11.3 Å². The van der Waals surface area contributed by atoms with Crippen LogP contribution in [0.1, 0.15) is 28.4 Å². The summed E-state index contributed by atoms with van der Waals surface area (Å²) >= 11 is 1.56. The minimum absolute atomic E-state index is 0.0825. The fraction of sp³-hybridized carbons (Fsp3) is 0.154. The van der Waals surface area contributed by atoms with Crippen molar-refractivity contribution in [1.29, 1.82) is 0 Å². The van der Waals surface area contributed by atoms with Gasteiger partial charge < -0.3 is 5.73 Å². The molecule has 3 heteroatoms. The molecule has 0 saturated heterocycles. The molecule has 0 saturated carbocycles. The zero-order chi connectivity index (χ0) is 11.3. The van der Waals surface area contributed by atoms with Gasteiger partial charge in [0.25, 0.3) is 0 Å². The number of hydrogen-bond acceptors (Lipinski definition) is 3. The predicted octanol–water partition coefficient (Wildman–Crippen LogP) is 3.10. The maximum absolute atomic E-state index is 12.2. The molecule has 1 aliphatic rings. The molecule has 2 nitrogen and oxygen atoms in total. The van der Waals surface area contributed by atoms with Crippen molar-refractivity contribution in [3.05, 3.63) is 39.6 Å². The Balaban J connectivity index is 2.35. The number of benzene rings is 1. The Hall–Kier alpha value is -1.61. The molecule has 0 bridgehead atoms. The molecular weight excluding hydrogens is 218 g/mol. The van der Waals surface area contributed by atoms with Gasteiger partial charge in [-0.1, -0.05) is 19.1 Å². The molecule has 0 spiro atoms. The third kappa shape index (κ3) is 1.04. The maximum atomic E-state index is 12.2. The van der Waals surface area contributed by atoms with Crippen LogP contribution < -0.4 is 5.73 Å². The first-order chi connectivity index (χ1) is 7.74. The monoisotopic (exact) mass is 229 g/mol. The van der Waals surface area contributed by atoms with Crippen LogP contribution in [0.2, 0.25) is 0 Å². The molecule has 0 radical (unpaired) electrons. The van der Waals surface area contributed by atoms with Crippen LogP contribution in [0.4, 0.5) is 5.69 Å². The molecule has 16 heavy (non-hydrogen) atoms. The number of hydrogen-bond donors (Lipinski definition) is 1. The normalized spacial score (nSPS) is 12.7. The molecule has 0 amide bonds. The van der Waals surface area contributed by atoms with E-state index >= 15 is 0 Å². The number of carbonyl (C=O) groups excluding carboxylic acids is 1. The van der Waals surface area contributed by atoms with Crippen LogP contribution in [-0.2, 0) is 6.42 Å². The topological polar surface area (TPSA) is 43.1 Å². The molecule has 2 aromatic rings. The number of nitrogens with two attached hydrogens (primary N) is 1. The Morgan fingerprint density at radius 2 is 1.94 bits per heavy atom. The number of fused-ring (bicyclic) bond motifs is 3. The molecule has 1 aromatic heterocycles. The summed E-state index contributed by atoms with van der Waals surface area (Å²) in [5, 5.41) is 3.92. The van der Waals surface area contributed by atoms with E-state index in [4.69, 9.17) is 5.73 Å².